The van der Waals surface area contributed by atoms with Gasteiger partial charge in [-0.1, -0.05) is 35.5 Å². The molecule has 1 N–H and O–H groups in total. The van der Waals surface area contributed by atoms with Crippen molar-refractivity contribution in [3.8, 4) is 0 Å². The molecule has 0 radical (unpaired) electrons. The average Bonchev–Trinajstić information content (AvgIpc) is 3.52. The molecule has 0 bridgehead atoms. The van der Waals surface area contributed by atoms with E-state index in [0.29, 0.717) is 11.8 Å². The molecule has 2 aliphatic rings. The number of rotatable bonds is 7. The molecule has 2 aromatic carbocycles. The number of anilines is 2. The van der Waals surface area contributed by atoms with Gasteiger partial charge in [0.25, 0.3) is 0 Å². The molecule has 1 aliphatic carbocycles. The smallest absolute Gasteiger partial charge is 0.248 e. The van der Waals surface area contributed by atoms with Crippen molar-refractivity contribution in [1.29, 1.82) is 0 Å². The summed E-state index contributed by atoms with van der Waals surface area (Å²) in [5.41, 5.74) is 3.74. The van der Waals surface area contributed by atoms with Crippen LogP contribution in [0.3, 0.4) is 0 Å². The molecule has 3 aromatic rings. The fraction of sp³-hybridized carbons (Fsp3) is 0.417. The molecule has 30 heavy (non-hydrogen) atoms. The van der Waals surface area contributed by atoms with E-state index in [1.54, 1.807) is 0 Å². The molecule has 6 heteroatoms. The predicted octanol–water partition coefficient (Wildman–Crippen LogP) is 4.44. The van der Waals surface area contributed by atoms with Gasteiger partial charge in [-0.3, -0.25) is 4.90 Å². The van der Waals surface area contributed by atoms with Gasteiger partial charge in [-0.25, -0.2) is 0 Å². The number of benzene rings is 2. The van der Waals surface area contributed by atoms with E-state index >= 15 is 0 Å². The van der Waals surface area contributed by atoms with Crippen molar-refractivity contribution in [3.63, 3.8) is 0 Å². The summed E-state index contributed by atoms with van der Waals surface area (Å²) in [7, 11) is 0. The third-order valence-electron chi connectivity index (χ3n) is 6.01. The van der Waals surface area contributed by atoms with Gasteiger partial charge in [0.15, 0.2) is 5.82 Å². The van der Waals surface area contributed by atoms with Crippen molar-refractivity contribution in [3.05, 3.63) is 71.9 Å². The molecule has 1 saturated carbocycles. The van der Waals surface area contributed by atoms with Crippen LogP contribution in [0.2, 0.25) is 0 Å². The van der Waals surface area contributed by atoms with E-state index in [9.17, 15) is 0 Å². The highest BCUT2D eigenvalue weighted by molar-refractivity contribution is 5.55. The van der Waals surface area contributed by atoms with Crippen LogP contribution in [0, 0.1) is 0 Å². The molecule has 0 spiro atoms. The van der Waals surface area contributed by atoms with Crippen LogP contribution >= 0.6 is 0 Å². The maximum absolute atomic E-state index is 5.43. The van der Waals surface area contributed by atoms with Crippen LogP contribution in [-0.2, 0) is 6.54 Å². The molecule has 1 aliphatic heterocycles. The largest absolute Gasteiger partial charge is 0.374 e. The molecule has 1 unspecified atom stereocenters. The zero-order valence-corrected chi connectivity index (χ0v) is 17.5. The number of aromatic nitrogens is 2. The Morgan fingerprint density at radius 3 is 2.43 bits per heavy atom. The van der Waals surface area contributed by atoms with Gasteiger partial charge < -0.3 is 14.7 Å². The standard InChI is InChI=1S/C24H29N5O/c1-18(24-26-23(27-30-24)20-7-8-20)25-21-9-11-22(12-10-21)29-15-13-28(14-16-29)17-19-5-3-2-4-6-19/h2-6,9-12,18,20,25H,7-8,13-17H2,1H3. The summed E-state index contributed by atoms with van der Waals surface area (Å²) in [5.74, 6) is 2.04. The van der Waals surface area contributed by atoms with Crippen molar-refractivity contribution < 1.29 is 4.52 Å². The first kappa shape index (κ1) is 19.1. The number of nitrogens with one attached hydrogen (secondary N) is 1. The van der Waals surface area contributed by atoms with Crippen molar-refractivity contribution in [1.82, 2.24) is 15.0 Å². The Labute approximate surface area is 177 Å². The van der Waals surface area contributed by atoms with Gasteiger partial charge in [-0.2, -0.15) is 4.98 Å². The highest BCUT2D eigenvalue weighted by Gasteiger charge is 2.29. The fourth-order valence-corrected chi connectivity index (χ4v) is 4.02. The maximum Gasteiger partial charge on any atom is 0.248 e. The molecule has 1 aromatic heterocycles. The topological polar surface area (TPSA) is 57.4 Å². The van der Waals surface area contributed by atoms with Crippen LogP contribution < -0.4 is 10.2 Å². The lowest BCUT2D eigenvalue weighted by molar-refractivity contribution is 0.250. The van der Waals surface area contributed by atoms with Gasteiger partial charge in [0.05, 0.1) is 0 Å². The van der Waals surface area contributed by atoms with E-state index in [2.05, 4.69) is 86.8 Å². The van der Waals surface area contributed by atoms with Gasteiger partial charge in [-0.05, 0) is 49.6 Å². The second-order valence-corrected chi connectivity index (χ2v) is 8.43. The first-order valence-electron chi connectivity index (χ1n) is 11.0. The fourth-order valence-electron chi connectivity index (χ4n) is 4.02. The lowest BCUT2D eigenvalue weighted by Crippen LogP contribution is -2.45. The van der Waals surface area contributed by atoms with Crippen LogP contribution in [0.1, 0.15) is 49.0 Å². The third-order valence-corrected chi connectivity index (χ3v) is 6.01. The summed E-state index contributed by atoms with van der Waals surface area (Å²) < 4.78 is 5.43. The third kappa shape index (κ3) is 4.49. The molecular weight excluding hydrogens is 374 g/mol. The van der Waals surface area contributed by atoms with E-state index in [0.717, 1.165) is 44.2 Å². The highest BCUT2D eigenvalue weighted by Crippen LogP contribution is 2.38. The van der Waals surface area contributed by atoms with E-state index in [1.807, 2.05) is 0 Å². The van der Waals surface area contributed by atoms with Crippen molar-refractivity contribution >= 4 is 11.4 Å². The number of hydrogen-bond acceptors (Lipinski definition) is 6. The van der Waals surface area contributed by atoms with Gasteiger partial charge in [0, 0.05) is 50.0 Å². The minimum absolute atomic E-state index is 0.00242. The lowest BCUT2D eigenvalue weighted by atomic mass is 10.2. The Balaban J connectivity index is 1.13. The summed E-state index contributed by atoms with van der Waals surface area (Å²) in [6.45, 7) is 7.39. The van der Waals surface area contributed by atoms with Crippen LogP contribution in [0.4, 0.5) is 11.4 Å². The van der Waals surface area contributed by atoms with Crippen LogP contribution in [-0.4, -0.2) is 41.2 Å². The van der Waals surface area contributed by atoms with E-state index in [1.165, 1.54) is 24.1 Å². The first-order chi connectivity index (χ1) is 14.7. The second kappa shape index (κ2) is 8.48. The molecule has 0 amide bonds. The number of hydrogen-bond donors (Lipinski definition) is 1. The lowest BCUT2D eigenvalue weighted by Gasteiger charge is -2.36. The number of piperazine rings is 1. The van der Waals surface area contributed by atoms with Crippen molar-refractivity contribution in [2.75, 3.05) is 36.4 Å². The summed E-state index contributed by atoms with van der Waals surface area (Å²) in [5, 5.41) is 7.58. The van der Waals surface area contributed by atoms with E-state index in [4.69, 9.17) is 4.52 Å². The molecular formula is C24H29N5O. The average molecular weight is 404 g/mol. The summed E-state index contributed by atoms with van der Waals surface area (Å²) in [6, 6.07) is 19.4. The minimum Gasteiger partial charge on any atom is -0.374 e. The van der Waals surface area contributed by atoms with Crippen LogP contribution in [0.25, 0.3) is 0 Å². The Kier molecular flexibility index (Phi) is 5.41. The van der Waals surface area contributed by atoms with Gasteiger partial charge in [-0.15, -0.1) is 0 Å². The first-order valence-corrected chi connectivity index (χ1v) is 11.0. The summed E-state index contributed by atoms with van der Waals surface area (Å²) in [6.07, 6.45) is 2.37. The second-order valence-electron chi connectivity index (χ2n) is 8.43. The molecule has 5 rings (SSSR count). The monoisotopic (exact) mass is 403 g/mol. The van der Waals surface area contributed by atoms with Crippen LogP contribution in [0.5, 0.6) is 0 Å². The SMILES string of the molecule is CC(Nc1ccc(N2CCN(Cc3ccccc3)CC2)cc1)c1nc(C2CC2)no1. The number of nitrogens with zero attached hydrogens (tertiary/aromatic N) is 4. The Morgan fingerprint density at radius 1 is 1.00 bits per heavy atom. The molecule has 156 valence electrons. The van der Waals surface area contributed by atoms with Gasteiger partial charge in [0.1, 0.15) is 6.04 Å². The quantitative estimate of drug-likeness (QED) is 0.629. The zero-order chi connectivity index (χ0) is 20.3. The van der Waals surface area contributed by atoms with Gasteiger partial charge in [0.2, 0.25) is 5.89 Å². The van der Waals surface area contributed by atoms with Crippen molar-refractivity contribution in [2.24, 2.45) is 0 Å². The van der Waals surface area contributed by atoms with E-state index in [-0.39, 0.29) is 6.04 Å². The highest BCUT2D eigenvalue weighted by atomic mass is 16.5. The molecule has 2 heterocycles. The maximum atomic E-state index is 5.43. The normalized spacial score (nSPS) is 18.4. The minimum atomic E-state index is -0.00242. The van der Waals surface area contributed by atoms with Crippen LogP contribution in [0.15, 0.2) is 59.1 Å². The molecule has 6 nitrogen and oxygen atoms in total. The van der Waals surface area contributed by atoms with Crippen molar-refractivity contribution in [2.45, 2.75) is 38.3 Å². The Morgan fingerprint density at radius 2 is 1.73 bits per heavy atom. The van der Waals surface area contributed by atoms with Gasteiger partial charge >= 0.3 is 0 Å². The summed E-state index contributed by atoms with van der Waals surface area (Å²) >= 11 is 0. The Hall–Kier alpha value is -2.86. The molecule has 1 saturated heterocycles. The van der Waals surface area contributed by atoms with E-state index < -0.39 is 0 Å². The summed E-state index contributed by atoms with van der Waals surface area (Å²) in [4.78, 5) is 9.54. The Bertz CT molecular complexity index is 943. The molecule has 1 atom stereocenters. The predicted molar refractivity (Wildman–Crippen MR) is 119 cm³/mol. The zero-order valence-electron chi connectivity index (χ0n) is 17.5. The molecule has 2 fully saturated rings.